The van der Waals surface area contributed by atoms with Gasteiger partial charge in [-0.1, -0.05) is 13.0 Å². The maximum Gasteiger partial charge on any atom is 0.0383 e. The van der Waals surface area contributed by atoms with Crippen LogP contribution >= 0.6 is 0 Å². The van der Waals surface area contributed by atoms with Crippen LogP contribution in [0, 0.1) is 27.7 Å². The molecule has 1 aromatic rings. The van der Waals surface area contributed by atoms with Gasteiger partial charge in [0.2, 0.25) is 0 Å². The van der Waals surface area contributed by atoms with Crippen molar-refractivity contribution in [1.29, 1.82) is 0 Å². The van der Waals surface area contributed by atoms with Crippen molar-refractivity contribution < 1.29 is 0 Å². The average Bonchev–Trinajstić information content (AvgIpc) is 2.15. The van der Waals surface area contributed by atoms with Crippen molar-refractivity contribution in [2.45, 2.75) is 53.5 Å². The summed E-state index contributed by atoms with van der Waals surface area (Å²) in [6, 6.07) is 2.25. The highest BCUT2D eigenvalue weighted by molar-refractivity contribution is 5.47. The number of aryl methyl sites for hydroxylation is 2. The van der Waals surface area contributed by atoms with Crippen LogP contribution in [-0.4, -0.2) is 0 Å². The van der Waals surface area contributed by atoms with E-state index in [0.717, 1.165) is 6.42 Å². The molecule has 1 rings (SSSR count). The van der Waals surface area contributed by atoms with Crippen molar-refractivity contribution in [1.82, 2.24) is 0 Å². The highest BCUT2D eigenvalue weighted by atomic mass is 14.7. The molecule has 0 saturated carbocycles. The summed E-state index contributed by atoms with van der Waals surface area (Å²) < 4.78 is 0. The topological polar surface area (TPSA) is 26.0 Å². The Balaban J connectivity index is 3.53. The van der Waals surface area contributed by atoms with E-state index in [2.05, 4.69) is 47.6 Å². The minimum absolute atomic E-state index is 0.203. The van der Waals surface area contributed by atoms with E-state index < -0.39 is 0 Å². The molecule has 0 bridgehead atoms. The highest BCUT2D eigenvalue weighted by Crippen LogP contribution is 2.31. The predicted molar refractivity (Wildman–Crippen MR) is 67.2 cm³/mol. The van der Waals surface area contributed by atoms with E-state index in [0.29, 0.717) is 0 Å². The smallest absolute Gasteiger partial charge is 0.0383 e. The summed E-state index contributed by atoms with van der Waals surface area (Å²) in [5.74, 6) is 0. The van der Waals surface area contributed by atoms with E-state index in [4.69, 9.17) is 5.73 Å². The summed E-state index contributed by atoms with van der Waals surface area (Å²) in [5.41, 5.74) is 12.9. The zero-order chi connectivity index (χ0) is 11.8. The van der Waals surface area contributed by atoms with E-state index in [9.17, 15) is 0 Å². The lowest BCUT2D eigenvalue weighted by Gasteiger charge is -2.29. The van der Waals surface area contributed by atoms with Gasteiger partial charge in [0, 0.05) is 5.54 Å². The predicted octanol–water partition coefficient (Wildman–Crippen LogP) is 3.50. The number of nitrogens with two attached hydrogens (primary N) is 1. The van der Waals surface area contributed by atoms with Crippen LogP contribution in [0.5, 0.6) is 0 Å². The molecule has 1 heteroatoms. The van der Waals surface area contributed by atoms with Gasteiger partial charge >= 0.3 is 0 Å². The first kappa shape index (κ1) is 12.3. The normalized spacial score (nSPS) is 15.1. The van der Waals surface area contributed by atoms with Gasteiger partial charge in [-0.3, -0.25) is 0 Å². The zero-order valence-electron chi connectivity index (χ0n) is 10.9. The van der Waals surface area contributed by atoms with Crippen molar-refractivity contribution in [3.63, 3.8) is 0 Å². The average molecular weight is 205 g/mol. The summed E-state index contributed by atoms with van der Waals surface area (Å²) in [6.45, 7) is 13.0. The van der Waals surface area contributed by atoms with Gasteiger partial charge in [-0.2, -0.15) is 0 Å². The second-order valence-corrected chi connectivity index (χ2v) is 4.91. The van der Waals surface area contributed by atoms with E-state index in [1.807, 2.05) is 0 Å². The molecule has 0 aromatic heterocycles. The molecular weight excluding hydrogens is 182 g/mol. The second-order valence-electron chi connectivity index (χ2n) is 4.91. The molecule has 0 saturated heterocycles. The molecule has 0 heterocycles. The molecule has 0 fully saturated rings. The van der Waals surface area contributed by atoms with E-state index in [1.54, 1.807) is 0 Å². The molecule has 0 aliphatic carbocycles. The Hall–Kier alpha value is -0.820. The minimum Gasteiger partial charge on any atom is -0.322 e. The van der Waals surface area contributed by atoms with Crippen molar-refractivity contribution in [3.05, 3.63) is 33.9 Å². The van der Waals surface area contributed by atoms with Crippen LogP contribution in [0.25, 0.3) is 0 Å². The standard InChI is InChI=1S/C14H23N/c1-7-14(6,15)13-11(4)9(2)8-10(3)12(13)5/h8H,7,15H2,1-6H3. The SMILES string of the molecule is CCC(C)(N)c1c(C)c(C)cc(C)c1C. The minimum atomic E-state index is -0.203. The lowest BCUT2D eigenvalue weighted by Crippen LogP contribution is -2.34. The van der Waals surface area contributed by atoms with Crippen LogP contribution in [0.15, 0.2) is 6.07 Å². The summed E-state index contributed by atoms with van der Waals surface area (Å²) in [4.78, 5) is 0. The third-order valence-corrected chi connectivity index (χ3v) is 3.67. The van der Waals surface area contributed by atoms with Gasteiger partial charge in [0.1, 0.15) is 0 Å². The lowest BCUT2D eigenvalue weighted by atomic mass is 9.81. The fourth-order valence-corrected chi connectivity index (χ4v) is 2.25. The van der Waals surface area contributed by atoms with Gasteiger partial charge in [-0.15, -0.1) is 0 Å². The first-order chi connectivity index (χ1) is 6.81. The van der Waals surface area contributed by atoms with Crippen LogP contribution in [0.3, 0.4) is 0 Å². The third-order valence-electron chi connectivity index (χ3n) is 3.67. The van der Waals surface area contributed by atoms with E-state index in [-0.39, 0.29) is 5.54 Å². The molecule has 0 aliphatic rings. The van der Waals surface area contributed by atoms with Gasteiger partial charge in [-0.25, -0.2) is 0 Å². The van der Waals surface area contributed by atoms with E-state index in [1.165, 1.54) is 27.8 Å². The van der Waals surface area contributed by atoms with Crippen LogP contribution in [0.2, 0.25) is 0 Å². The summed E-state index contributed by atoms with van der Waals surface area (Å²) in [5, 5.41) is 0. The molecule has 0 aliphatic heterocycles. The molecule has 84 valence electrons. The maximum atomic E-state index is 6.38. The number of hydrogen-bond acceptors (Lipinski definition) is 1. The van der Waals surface area contributed by atoms with Gasteiger partial charge < -0.3 is 5.73 Å². The molecule has 0 spiro atoms. The molecule has 1 atom stereocenters. The molecule has 1 aromatic carbocycles. The van der Waals surface area contributed by atoms with Crippen LogP contribution < -0.4 is 5.73 Å². The molecule has 1 unspecified atom stereocenters. The first-order valence-electron chi connectivity index (χ1n) is 5.68. The Morgan fingerprint density at radius 2 is 1.47 bits per heavy atom. The van der Waals surface area contributed by atoms with Crippen molar-refractivity contribution in [2.75, 3.05) is 0 Å². The number of hydrogen-bond donors (Lipinski definition) is 1. The molecule has 15 heavy (non-hydrogen) atoms. The first-order valence-corrected chi connectivity index (χ1v) is 5.68. The van der Waals surface area contributed by atoms with Gasteiger partial charge in [0.15, 0.2) is 0 Å². The number of benzene rings is 1. The number of rotatable bonds is 2. The fourth-order valence-electron chi connectivity index (χ4n) is 2.25. The summed E-state index contributed by atoms with van der Waals surface area (Å²) >= 11 is 0. The molecular formula is C14H23N. The van der Waals surface area contributed by atoms with Gasteiger partial charge in [-0.05, 0) is 68.9 Å². The fraction of sp³-hybridized carbons (Fsp3) is 0.571. The highest BCUT2D eigenvalue weighted by Gasteiger charge is 2.24. The largest absolute Gasteiger partial charge is 0.322 e. The second kappa shape index (κ2) is 3.97. The molecule has 0 amide bonds. The van der Waals surface area contributed by atoms with Crippen LogP contribution in [0.1, 0.15) is 48.1 Å². The Kier molecular flexibility index (Phi) is 3.25. The Morgan fingerprint density at radius 3 is 1.80 bits per heavy atom. The van der Waals surface area contributed by atoms with Crippen LogP contribution in [0.4, 0.5) is 0 Å². The van der Waals surface area contributed by atoms with Crippen molar-refractivity contribution in [3.8, 4) is 0 Å². The zero-order valence-corrected chi connectivity index (χ0v) is 10.9. The quantitative estimate of drug-likeness (QED) is 0.785. The van der Waals surface area contributed by atoms with Crippen molar-refractivity contribution >= 4 is 0 Å². The Morgan fingerprint density at radius 1 is 1.07 bits per heavy atom. The van der Waals surface area contributed by atoms with Gasteiger partial charge in [0.05, 0.1) is 0 Å². The third kappa shape index (κ3) is 2.07. The van der Waals surface area contributed by atoms with Crippen molar-refractivity contribution in [2.24, 2.45) is 5.73 Å². The molecule has 0 radical (unpaired) electrons. The monoisotopic (exact) mass is 205 g/mol. The summed E-state index contributed by atoms with van der Waals surface area (Å²) in [7, 11) is 0. The van der Waals surface area contributed by atoms with E-state index >= 15 is 0 Å². The van der Waals surface area contributed by atoms with Crippen LogP contribution in [-0.2, 0) is 5.54 Å². The Bertz CT molecular complexity index is 349. The summed E-state index contributed by atoms with van der Waals surface area (Å²) in [6.07, 6.45) is 0.970. The Labute approximate surface area is 93.7 Å². The lowest BCUT2D eigenvalue weighted by molar-refractivity contribution is 0.470. The van der Waals surface area contributed by atoms with Gasteiger partial charge in [0.25, 0.3) is 0 Å². The molecule has 1 nitrogen and oxygen atoms in total. The molecule has 2 N–H and O–H groups in total. The maximum absolute atomic E-state index is 6.38.